The highest BCUT2D eigenvalue weighted by Gasteiger charge is 2.06. The number of aromatic carboxylic acids is 1. The second-order valence-corrected chi connectivity index (χ2v) is 4.73. The van der Waals surface area contributed by atoms with Crippen molar-refractivity contribution in [2.75, 3.05) is 11.9 Å². The van der Waals surface area contributed by atoms with Crippen LogP contribution in [0, 0.1) is 0 Å². The molecule has 0 aliphatic carbocycles. The van der Waals surface area contributed by atoms with E-state index < -0.39 is 5.97 Å². The van der Waals surface area contributed by atoms with Gasteiger partial charge >= 0.3 is 5.97 Å². The third-order valence-corrected chi connectivity index (χ3v) is 2.88. The number of benzene rings is 1. The molecule has 0 aromatic heterocycles. The topological polar surface area (TPSA) is 69.6 Å². The van der Waals surface area contributed by atoms with E-state index in [1.165, 1.54) is 0 Å². The zero-order valence-electron chi connectivity index (χ0n) is 9.61. The van der Waals surface area contributed by atoms with Crippen LogP contribution in [0.15, 0.2) is 22.7 Å². The van der Waals surface area contributed by atoms with E-state index in [2.05, 4.69) is 21.2 Å². The lowest BCUT2D eigenvalue weighted by Crippen LogP contribution is -2.12. The van der Waals surface area contributed by atoms with Crippen LogP contribution < -0.4 is 5.32 Å². The second-order valence-electron chi connectivity index (χ2n) is 3.81. The van der Waals surface area contributed by atoms with Crippen molar-refractivity contribution in [3.05, 3.63) is 28.2 Å². The first-order valence-corrected chi connectivity index (χ1v) is 6.28. The first-order chi connectivity index (χ1) is 8.02. The van der Waals surface area contributed by atoms with E-state index in [1.807, 2.05) is 13.0 Å². The van der Waals surface area contributed by atoms with Gasteiger partial charge in [0.25, 0.3) is 0 Å². The van der Waals surface area contributed by atoms with Gasteiger partial charge in [-0.05, 0) is 31.0 Å². The van der Waals surface area contributed by atoms with Gasteiger partial charge in [-0.15, -0.1) is 0 Å². The SMILES string of the molecule is CCC(O)CCNc1cc(Br)cc(C(=O)O)c1. The fourth-order valence-electron chi connectivity index (χ4n) is 1.40. The van der Waals surface area contributed by atoms with E-state index in [0.29, 0.717) is 13.0 Å². The van der Waals surface area contributed by atoms with E-state index >= 15 is 0 Å². The standard InChI is InChI=1S/C12H16BrNO3/c1-2-11(15)3-4-14-10-6-8(12(16)17)5-9(13)7-10/h5-7,11,14-15H,2-4H2,1H3,(H,16,17). The van der Waals surface area contributed by atoms with Crippen molar-refractivity contribution >= 4 is 27.6 Å². The van der Waals surface area contributed by atoms with Crippen LogP contribution in [0.5, 0.6) is 0 Å². The smallest absolute Gasteiger partial charge is 0.335 e. The molecule has 0 saturated carbocycles. The van der Waals surface area contributed by atoms with Crippen LogP contribution in [-0.4, -0.2) is 28.8 Å². The van der Waals surface area contributed by atoms with Gasteiger partial charge in [0.15, 0.2) is 0 Å². The maximum absolute atomic E-state index is 10.8. The van der Waals surface area contributed by atoms with E-state index in [9.17, 15) is 9.90 Å². The lowest BCUT2D eigenvalue weighted by atomic mass is 10.2. The quantitative estimate of drug-likeness (QED) is 0.755. The van der Waals surface area contributed by atoms with Gasteiger partial charge in [0, 0.05) is 16.7 Å². The number of anilines is 1. The Morgan fingerprint density at radius 2 is 2.18 bits per heavy atom. The van der Waals surface area contributed by atoms with Crippen LogP contribution in [0.2, 0.25) is 0 Å². The molecule has 0 radical (unpaired) electrons. The second kappa shape index (κ2) is 6.61. The Kier molecular flexibility index (Phi) is 5.44. The van der Waals surface area contributed by atoms with E-state index in [-0.39, 0.29) is 11.7 Å². The minimum absolute atomic E-state index is 0.234. The molecule has 1 aromatic carbocycles. The number of aliphatic hydroxyl groups excluding tert-OH is 1. The minimum Gasteiger partial charge on any atom is -0.478 e. The molecule has 0 aliphatic heterocycles. The molecule has 0 heterocycles. The summed E-state index contributed by atoms with van der Waals surface area (Å²) in [6, 6.07) is 4.94. The molecule has 0 aliphatic rings. The third-order valence-electron chi connectivity index (χ3n) is 2.42. The average Bonchev–Trinajstić information content (AvgIpc) is 2.28. The molecule has 0 amide bonds. The van der Waals surface area contributed by atoms with Gasteiger partial charge in [-0.25, -0.2) is 4.79 Å². The van der Waals surface area contributed by atoms with Gasteiger partial charge in [-0.2, -0.15) is 0 Å². The maximum Gasteiger partial charge on any atom is 0.335 e. The van der Waals surface area contributed by atoms with E-state index in [4.69, 9.17) is 5.11 Å². The molecule has 1 aromatic rings. The number of halogens is 1. The summed E-state index contributed by atoms with van der Waals surface area (Å²) in [5.41, 5.74) is 0.970. The Bertz CT molecular complexity index is 395. The van der Waals surface area contributed by atoms with Crippen molar-refractivity contribution < 1.29 is 15.0 Å². The molecule has 1 unspecified atom stereocenters. The highest BCUT2D eigenvalue weighted by atomic mass is 79.9. The summed E-state index contributed by atoms with van der Waals surface area (Å²) in [6.45, 7) is 2.54. The number of aliphatic hydroxyl groups is 1. The van der Waals surface area contributed by atoms with Crippen molar-refractivity contribution in [3.8, 4) is 0 Å². The van der Waals surface area contributed by atoms with Crippen LogP contribution in [0.3, 0.4) is 0 Å². The van der Waals surface area contributed by atoms with Gasteiger partial charge < -0.3 is 15.5 Å². The van der Waals surface area contributed by atoms with Gasteiger partial charge in [-0.1, -0.05) is 22.9 Å². The number of carbonyl (C=O) groups is 1. The molecule has 1 rings (SSSR count). The first kappa shape index (κ1) is 14.0. The van der Waals surface area contributed by atoms with Crippen LogP contribution in [0.25, 0.3) is 0 Å². The molecular formula is C12H16BrNO3. The zero-order valence-corrected chi connectivity index (χ0v) is 11.2. The number of nitrogens with one attached hydrogen (secondary N) is 1. The molecule has 0 saturated heterocycles. The van der Waals surface area contributed by atoms with Crippen LogP contribution in [0.1, 0.15) is 30.1 Å². The molecular weight excluding hydrogens is 286 g/mol. The number of hydrogen-bond acceptors (Lipinski definition) is 3. The molecule has 1 atom stereocenters. The third kappa shape index (κ3) is 4.75. The minimum atomic E-state index is -0.956. The number of rotatable bonds is 6. The Morgan fingerprint density at radius 1 is 1.47 bits per heavy atom. The van der Waals surface area contributed by atoms with Gasteiger partial charge in [0.2, 0.25) is 0 Å². The molecule has 0 spiro atoms. The molecule has 3 N–H and O–H groups in total. The summed E-state index contributed by atoms with van der Waals surface area (Å²) in [7, 11) is 0. The Morgan fingerprint density at radius 3 is 2.76 bits per heavy atom. The van der Waals surface area contributed by atoms with Gasteiger partial charge in [-0.3, -0.25) is 0 Å². The van der Waals surface area contributed by atoms with Gasteiger partial charge in [0.05, 0.1) is 11.7 Å². The Balaban J connectivity index is 2.62. The average molecular weight is 302 g/mol. The maximum atomic E-state index is 10.8. The number of hydrogen-bond donors (Lipinski definition) is 3. The summed E-state index contributed by atoms with van der Waals surface area (Å²) < 4.78 is 0.718. The molecule has 94 valence electrons. The van der Waals surface area contributed by atoms with Crippen LogP contribution in [0.4, 0.5) is 5.69 Å². The summed E-state index contributed by atoms with van der Waals surface area (Å²) >= 11 is 3.26. The van der Waals surface area contributed by atoms with Crippen molar-refractivity contribution in [3.63, 3.8) is 0 Å². The number of carboxylic acids is 1. The fraction of sp³-hybridized carbons (Fsp3) is 0.417. The van der Waals surface area contributed by atoms with Gasteiger partial charge in [0.1, 0.15) is 0 Å². The normalized spacial score (nSPS) is 12.2. The molecule has 0 bridgehead atoms. The molecule has 17 heavy (non-hydrogen) atoms. The summed E-state index contributed by atoms with van der Waals surface area (Å²) in [5, 5.41) is 21.4. The highest BCUT2D eigenvalue weighted by Crippen LogP contribution is 2.19. The molecule has 4 nitrogen and oxygen atoms in total. The zero-order chi connectivity index (χ0) is 12.8. The Labute approximate surface area is 109 Å². The summed E-state index contributed by atoms with van der Waals surface area (Å²) in [6.07, 6.45) is 1.06. The highest BCUT2D eigenvalue weighted by molar-refractivity contribution is 9.10. The largest absolute Gasteiger partial charge is 0.478 e. The lowest BCUT2D eigenvalue weighted by molar-refractivity contribution is 0.0697. The predicted octanol–water partition coefficient (Wildman–Crippen LogP) is 2.72. The van der Waals surface area contributed by atoms with Crippen molar-refractivity contribution in [1.29, 1.82) is 0 Å². The van der Waals surface area contributed by atoms with Crippen molar-refractivity contribution in [2.45, 2.75) is 25.9 Å². The molecule has 0 fully saturated rings. The van der Waals surface area contributed by atoms with Crippen molar-refractivity contribution in [2.24, 2.45) is 0 Å². The van der Waals surface area contributed by atoms with E-state index in [1.54, 1.807) is 12.1 Å². The molecule has 5 heteroatoms. The van der Waals surface area contributed by atoms with Crippen LogP contribution in [-0.2, 0) is 0 Å². The fourth-order valence-corrected chi connectivity index (χ4v) is 1.90. The van der Waals surface area contributed by atoms with Crippen LogP contribution >= 0.6 is 15.9 Å². The number of carboxylic acid groups (broad SMARTS) is 1. The summed E-state index contributed by atoms with van der Waals surface area (Å²) in [4.78, 5) is 10.8. The van der Waals surface area contributed by atoms with E-state index in [0.717, 1.165) is 16.6 Å². The van der Waals surface area contributed by atoms with Crippen molar-refractivity contribution in [1.82, 2.24) is 0 Å². The lowest BCUT2D eigenvalue weighted by Gasteiger charge is -2.10. The Hall–Kier alpha value is -1.07. The monoisotopic (exact) mass is 301 g/mol. The predicted molar refractivity (Wildman–Crippen MR) is 70.5 cm³/mol. The summed E-state index contributed by atoms with van der Waals surface area (Å²) in [5.74, 6) is -0.956. The first-order valence-electron chi connectivity index (χ1n) is 5.48.